The van der Waals surface area contributed by atoms with Gasteiger partial charge in [-0.05, 0) is 25.5 Å². The van der Waals surface area contributed by atoms with Gasteiger partial charge in [-0.3, -0.25) is 15.4 Å². The predicted octanol–water partition coefficient (Wildman–Crippen LogP) is 2.18. The number of carbonyl (C=O) groups is 2. The normalized spacial score (nSPS) is 20.0. The van der Waals surface area contributed by atoms with Crippen molar-refractivity contribution in [1.29, 1.82) is 0 Å². The summed E-state index contributed by atoms with van der Waals surface area (Å²) < 4.78 is 1.58. The summed E-state index contributed by atoms with van der Waals surface area (Å²) in [7, 11) is 0. The monoisotopic (exact) mass is 342 g/mol. The van der Waals surface area contributed by atoms with Crippen molar-refractivity contribution in [3.63, 3.8) is 0 Å². The molecular formula is C17H22N6O2. The van der Waals surface area contributed by atoms with Gasteiger partial charge in [-0.25, -0.2) is 9.48 Å². The first kappa shape index (κ1) is 17.0. The van der Waals surface area contributed by atoms with Crippen LogP contribution in [0.15, 0.2) is 36.4 Å². The lowest BCUT2D eigenvalue weighted by Gasteiger charge is -2.31. The maximum atomic E-state index is 12.2. The highest BCUT2D eigenvalue weighted by molar-refractivity contribution is 5.99. The zero-order valence-corrected chi connectivity index (χ0v) is 14.2. The minimum Gasteiger partial charge on any atom is -0.322 e. The number of rotatable bonds is 4. The molecule has 0 aliphatic carbocycles. The lowest BCUT2D eigenvalue weighted by atomic mass is 10.1. The van der Waals surface area contributed by atoms with Crippen LogP contribution in [0, 0.1) is 6.92 Å². The van der Waals surface area contributed by atoms with Crippen molar-refractivity contribution in [2.45, 2.75) is 39.0 Å². The van der Waals surface area contributed by atoms with Crippen molar-refractivity contribution < 1.29 is 9.59 Å². The molecule has 1 aliphatic rings. The van der Waals surface area contributed by atoms with Crippen LogP contribution in [-0.2, 0) is 4.79 Å². The maximum absolute atomic E-state index is 12.2. The fourth-order valence-corrected chi connectivity index (χ4v) is 2.76. The van der Waals surface area contributed by atoms with Crippen LogP contribution in [0.25, 0.3) is 0 Å². The Morgan fingerprint density at radius 3 is 2.80 bits per heavy atom. The Kier molecular flexibility index (Phi) is 4.99. The summed E-state index contributed by atoms with van der Waals surface area (Å²) in [5.74, 6) is 0.462. The van der Waals surface area contributed by atoms with Gasteiger partial charge >= 0.3 is 6.03 Å². The molecule has 0 spiro atoms. The molecule has 3 amide bonds. The maximum Gasteiger partial charge on any atom is 0.324 e. The van der Waals surface area contributed by atoms with Gasteiger partial charge in [0.15, 0.2) is 6.29 Å². The van der Waals surface area contributed by atoms with Crippen molar-refractivity contribution in [3.05, 3.63) is 42.1 Å². The van der Waals surface area contributed by atoms with Crippen LogP contribution in [-0.4, -0.2) is 27.8 Å². The third-order valence-corrected chi connectivity index (χ3v) is 3.99. The van der Waals surface area contributed by atoms with E-state index in [-0.39, 0.29) is 18.0 Å². The molecule has 1 aliphatic heterocycles. The SMILES string of the molecule is CCC1CC(=O)NC(n2nc(C)cc2NC(=O)Nc2ccccc2)N1. The van der Waals surface area contributed by atoms with Crippen molar-refractivity contribution >= 4 is 23.4 Å². The molecule has 25 heavy (non-hydrogen) atoms. The molecule has 1 aromatic carbocycles. The highest BCUT2D eigenvalue weighted by Gasteiger charge is 2.28. The number of anilines is 2. The molecule has 0 saturated carbocycles. The van der Waals surface area contributed by atoms with E-state index in [4.69, 9.17) is 0 Å². The van der Waals surface area contributed by atoms with E-state index in [0.29, 0.717) is 17.9 Å². The lowest BCUT2D eigenvalue weighted by Crippen LogP contribution is -2.53. The summed E-state index contributed by atoms with van der Waals surface area (Å²) in [5, 5.41) is 16.1. The molecule has 2 unspecified atom stereocenters. The van der Waals surface area contributed by atoms with Gasteiger partial charge in [-0.2, -0.15) is 5.10 Å². The fraction of sp³-hybridized carbons (Fsp3) is 0.353. The minimum atomic E-state index is -0.494. The van der Waals surface area contributed by atoms with E-state index < -0.39 is 6.29 Å². The van der Waals surface area contributed by atoms with E-state index in [1.807, 2.05) is 32.0 Å². The Labute approximate surface area is 146 Å². The second-order valence-corrected chi connectivity index (χ2v) is 6.01. The lowest BCUT2D eigenvalue weighted by molar-refractivity contribution is -0.125. The number of hydrogen-bond donors (Lipinski definition) is 4. The first-order valence-electron chi connectivity index (χ1n) is 8.29. The molecule has 2 heterocycles. The molecule has 3 rings (SSSR count). The summed E-state index contributed by atoms with van der Waals surface area (Å²) in [5.41, 5.74) is 1.43. The minimum absolute atomic E-state index is 0.0385. The third kappa shape index (κ3) is 4.16. The fourth-order valence-electron chi connectivity index (χ4n) is 2.76. The van der Waals surface area contributed by atoms with Crippen LogP contribution >= 0.6 is 0 Å². The summed E-state index contributed by atoms with van der Waals surface area (Å²) in [6.45, 7) is 3.85. The Morgan fingerprint density at radius 2 is 2.08 bits per heavy atom. The molecule has 8 nitrogen and oxygen atoms in total. The summed E-state index contributed by atoms with van der Waals surface area (Å²) >= 11 is 0. The topological polar surface area (TPSA) is 100 Å². The van der Waals surface area contributed by atoms with Gasteiger partial charge in [0.2, 0.25) is 5.91 Å². The van der Waals surface area contributed by atoms with Crippen molar-refractivity contribution in [1.82, 2.24) is 20.4 Å². The number of para-hydroxylation sites is 1. The van der Waals surface area contributed by atoms with Crippen LogP contribution in [0.4, 0.5) is 16.3 Å². The Morgan fingerprint density at radius 1 is 1.32 bits per heavy atom. The van der Waals surface area contributed by atoms with Crippen LogP contribution in [0.2, 0.25) is 0 Å². The molecule has 0 bridgehead atoms. The number of amides is 3. The van der Waals surface area contributed by atoms with Gasteiger partial charge in [0.1, 0.15) is 5.82 Å². The van der Waals surface area contributed by atoms with Crippen molar-refractivity contribution in [2.24, 2.45) is 0 Å². The van der Waals surface area contributed by atoms with Crippen molar-refractivity contribution in [3.8, 4) is 0 Å². The van der Waals surface area contributed by atoms with Gasteiger partial charge in [0.25, 0.3) is 0 Å². The van der Waals surface area contributed by atoms with E-state index in [1.165, 1.54) is 0 Å². The van der Waals surface area contributed by atoms with Crippen molar-refractivity contribution in [2.75, 3.05) is 10.6 Å². The second-order valence-electron chi connectivity index (χ2n) is 6.01. The number of nitrogens with zero attached hydrogens (tertiary/aromatic N) is 2. The van der Waals surface area contributed by atoms with E-state index in [0.717, 1.165) is 12.1 Å². The standard InChI is InChI=1S/C17H22N6O2/c1-3-12-10-15(24)21-16(18-12)23-14(9-11(2)22-23)20-17(25)19-13-7-5-4-6-8-13/h4-9,12,16,18H,3,10H2,1-2H3,(H,21,24)(H2,19,20,25). The van der Waals surface area contributed by atoms with Crippen LogP contribution in [0.5, 0.6) is 0 Å². The number of aromatic nitrogens is 2. The Balaban J connectivity index is 1.74. The smallest absolute Gasteiger partial charge is 0.322 e. The zero-order valence-electron chi connectivity index (χ0n) is 14.2. The molecule has 132 valence electrons. The Bertz CT molecular complexity index is 758. The molecule has 1 aromatic heterocycles. The van der Waals surface area contributed by atoms with E-state index >= 15 is 0 Å². The van der Waals surface area contributed by atoms with Crippen LogP contribution in [0.1, 0.15) is 31.7 Å². The largest absolute Gasteiger partial charge is 0.324 e. The van der Waals surface area contributed by atoms with Gasteiger partial charge in [0.05, 0.1) is 5.69 Å². The van der Waals surface area contributed by atoms with Gasteiger partial charge in [-0.15, -0.1) is 0 Å². The number of urea groups is 1. The highest BCUT2D eigenvalue weighted by Crippen LogP contribution is 2.18. The first-order chi connectivity index (χ1) is 12.0. The van der Waals surface area contributed by atoms with Crippen LogP contribution < -0.4 is 21.3 Å². The van der Waals surface area contributed by atoms with E-state index in [9.17, 15) is 9.59 Å². The van der Waals surface area contributed by atoms with E-state index in [1.54, 1.807) is 22.9 Å². The summed E-state index contributed by atoms with van der Waals surface area (Å²) in [6, 6.07) is 10.6. The number of carbonyl (C=O) groups excluding carboxylic acids is 2. The number of benzene rings is 1. The average Bonchev–Trinajstić information content (AvgIpc) is 2.95. The summed E-state index contributed by atoms with van der Waals surface area (Å²) in [4.78, 5) is 24.1. The molecular weight excluding hydrogens is 320 g/mol. The average molecular weight is 342 g/mol. The van der Waals surface area contributed by atoms with E-state index in [2.05, 4.69) is 26.4 Å². The molecule has 0 radical (unpaired) electrons. The molecule has 1 saturated heterocycles. The predicted molar refractivity (Wildman–Crippen MR) is 95.1 cm³/mol. The molecule has 2 atom stereocenters. The van der Waals surface area contributed by atoms with Crippen LogP contribution in [0.3, 0.4) is 0 Å². The summed E-state index contributed by atoms with van der Waals surface area (Å²) in [6.07, 6.45) is 0.776. The zero-order chi connectivity index (χ0) is 17.8. The molecule has 1 fully saturated rings. The number of nitrogens with one attached hydrogen (secondary N) is 4. The molecule has 4 N–H and O–H groups in total. The number of aryl methyl sites for hydroxylation is 1. The second kappa shape index (κ2) is 7.35. The third-order valence-electron chi connectivity index (χ3n) is 3.99. The van der Waals surface area contributed by atoms with Gasteiger partial charge < -0.3 is 10.6 Å². The number of hydrogen-bond acceptors (Lipinski definition) is 4. The highest BCUT2D eigenvalue weighted by atomic mass is 16.2. The van der Waals surface area contributed by atoms with Gasteiger partial charge in [0, 0.05) is 24.2 Å². The quantitative estimate of drug-likeness (QED) is 0.684. The molecule has 8 heteroatoms. The Hall–Kier alpha value is -2.87. The first-order valence-corrected chi connectivity index (χ1v) is 8.29. The molecule has 2 aromatic rings. The van der Waals surface area contributed by atoms with Gasteiger partial charge in [-0.1, -0.05) is 25.1 Å².